The highest BCUT2D eigenvalue weighted by Gasteiger charge is 2.61. The van der Waals surface area contributed by atoms with E-state index < -0.39 is 5.76 Å². The second kappa shape index (κ2) is 3.05. The second-order valence-electron chi connectivity index (χ2n) is 5.46. The van der Waals surface area contributed by atoms with Crippen molar-refractivity contribution in [1.29, 1.82) is 0 Å². The summed E-state index contributed by atoms with van der Waals surface area (Å²) in [6.45, 7) is 1.33. The number of fused-ring (bicyclic) bond motifs is 1. The number of nitrogens with two attached hydrogens (primary N) is 1. The number of rotatable bonds is 2. The number of H-pyrrole nitrogens is 1. The molecule has 2 fully saturated rings. The van der Waals surface area contributed by atoms with Crippen molar-refractivity contribution < 1.29 is 9.15 Å². The van der Waals surface area contributed by atoms with Crippen molar-refractivity contribution in [3.63, 3.8) is 0 Å². The molecule has 1 saturated carbocycles. The fourth-order valence-corrected chi connectivity index (χ4v) is 2.91. The van der Waals surface area contributed by atoms with E-state index in [1.54, 1.807) is 0 Å². The van der Waals surface area contributed by atoms with Crippen molar-refractivity contribution in [2.75, 3.05) is 13.2 Å². The van der Waals surface area contributed by atoms with Crippen LogP contribution in [0.25, 0.3) is 11.1 Å². The molecule has 3 N–H and O–H groups in total. The first-order valence-corrected chi connectivity index (χ1v) is 6.13. The summed E-state index contributed by atoms with van der Waals surface area (Å²) < 4.78 is 10.4. The fraction of sp³-hybridized carbons (Fsp3) is 0.462. The average molecular weight is 246 g/mol. The minimum absolute atomic E-state index is 0.0879. The van der Waals surface area contributed by atoms with Crippen LogP contribution in [0.3, 0.4) is 0 Å². The van der Waals surface area contributed by atoms with E-state index in [9.17, 15) is 4.79 Å². The van der Waals surface area contributed by atoms with Crippen LogP contribution in [0.5, 0.6) is 0 Å². The number of ether oxygens (including phenoxy) is 1. The summed E-state index contributed by atoms with van der Waals surface area (Å²) in [7, 11) is 0. The highest BCUT2D eigenvalue weighted by Crippen LogP contribution is 2.53. The number of aromatic nitrogens is 1. The van der Waals surface area contributed by atoms with Gasteiger partial charge in [0.05, 0.1) is 24.1 Å². The van der Waals surface area contributed by atoms with Gasteiger partial charge in [0.1, 0.15) is 0 Å². The lowest BCUT2D eigenvalue weighted by Crippen LogP contribution is -2.60. The van der Waals surface area contributed by atoms with E-state index in [1.165, 1.54) is 0 Å². The van der Waals surface area contributed by atoms with Crippen molar-refractivity contribution in [2.45, 2.75) is 23.8 Å². The van der Waals surface area contributed by atoms with Crippen LogP contribution in [0.2, 0.25) is 0 Å². The molecule has 0 atom stereocenters. The molecule has 0 amide bonds. The van der Waals surface area contributed by atoms with Gasteiger partial charge in [-0.3, -0.25) is 4.98 Å². The summed E-state index contributed by atoms with van der Waals surface area (Å²) in [5.41, 5.74) is 8.62. The third-order valence-electron chi connectivity index (χ3n) is 4.41. The van der Waals surface area contributed by atoms with Gasteiger partial charge in [-0.05, 0) is 30.5 Å². The molecule has 1 aromatic carbocycles. The zero-order chi connectivity index (χ0) is 12.4. The van der Waals surface area contributed by atoms with Crippen LogP contribution in [-0.2, 0) is 10.2 Å². The van der Waals surface area contributed by atoms with Crippen molar-refractivity contribution in [1.82, 2.24) is 4.98 Å². The van der Waals surface area contributed by atoms with Crippen molar-refractivity contribution >= 4 is 11.1 Å². The predicted molar refractivity (Wildman–Crippen MR) is 65.5 cm³/mol. The molecule has 1 saturated heterocycles. The highest BCUT2D eigenvalue weighted by atomic mass is 16.5. The minimum Gasteiger partial charge on any atom is -0.408 e. The first-order valence-electron chi connectivity index (χ1n) is 6.13. The average Bonchev–Trinajstić information content (AvgIpc) is 2.88. The molecule has 4 rings (SSSR count). The molecule has 0 unspecified atom stereocenters. The zero-order valence-electron chi connectivity index (χ0n) is 9.86. The third kappa shape index (κ3) is 1.15. The maximum absolute atomic E-state index is 11.2. The minimum atomic E-state index is -0.421. The van der Waals surface area contributed by atoms with E-state index in [1.807, 2.05) is 18.2 Å². The molecular formula is C13H14N2O3. The molecule has 0 bridgehead atoms. The van der Waals surface area contributed by atoms with Gasteiger partial charge in [-0.25, -0.2) is 4.79 Å². The van der Waals surface area contributed by atoms with Crippen LogP contribution in [-0.4, -0.2) is 23.7 Å². The maximum Gasteiger partial charge on any atom is 0.417 e. The van der Waals surface area contributed by atoms with E-state index in [-0.39, 0.29) is 11.0 Å². The van der Waals surface area contributed by atoms with Gasteiger partial charge in [0.25, 0.3) is 0 Å². The molecule has 2 aliphatic rings. The summed E-state index contributed by atoms with van der Waals surface area (Å²) in [4.78, 5) is 13.9. The monoisotopic (exact) mass is 246 g/mol. The summed E-state index contributed by atoms with van der Waals surface area (Å²) in [5.74, 6) is -0.421. The summed E-state index contributed by atoms with van der Waals surface area (Å²) >= 11 is 0. The zero-order valence-corrected chi connectivity index (χ0v) is 9.86. The SMILES string of the molecule is NC1(C2(c3ccc4oc(=O)[nH]c4c3)COC2)CC1. The number of hydrogen-bond acceptors (Lipinski definition) is 4. The molecular weight excluding hydrogens is 232 g/mol. The van der Waals surface area contributed by atoms with Gasteiger partial charge in [0, 0.05) is 5.54 Å². The Morgan fingerprint density at radius 1 is 1.28 bits per heavy atom. The normalized spacial score (nSPS) is 23.8. The van der Waals surface area contributed by atoms with Crippen molar-refractivity contribution in [3.8, 4) is 0 Å². The molecule has 1 aliphatic carbocycles. The van der Waals surface area contributed by atoms with Gasteiger partial charge in [0.15, 0.2) is 5.58 Å². The standard InChI is InChI=1S/C13H14N2O3/c14-13(3-4-13)12(6-17-7-12)8-1-2-10-9(5-8)15-11(16)18-10/h1-2,5H,3-4,6-7,14H2,(H,15,16). The van der Waals surface area contributed by atoms with Gasteiger partial charge >= 0.3 is 5.76 Å². The van der Waals surface area contributed by atoms with E-state index in [0.717, 1.165) is 23.9 Å². The summed E-state index contributed by atoms with van der Waals surface area (Å²) in [6, 6.07) is 5.79. The maximum atomic E-state index is 11.2. The number of oxazole rings is 1. The Morgan fingerprint density at radius 2 is 2.06 bits per heavy atom. The molecule has 2 aromatic rings. The van der Waals surface area contributed by atoms with Crippen LogP contribution in [0.4, 0.5) is 0 Å². The fourth-order valence-electron chi connectivity index (χ4n) is 2.91. The smallest absolute Gasteiger partial charge is 0.408 e. The van der Waals surface area contributed by atoms with E-state index in [2.05, 4.69) is 4.98 Å². The van der Waals surface area contributed by atoms with Gasteiger partial charge in [-0.15, -0.1) is 0 Å². The van der Waals surface area contributed by atoms with Crippen LogP contribution < -0.4 is 11.5 Å². The molecule has 18 heavy (non-hydrogen) atoms. The van der Waals surface area contributed by atoms with E-state index >= 15 is 0 Å². The van der Waals surface area contributed by atoms with Gasteiger partial charge in [-0.2, -0.15) is 0 Å². The molecule has 5 nitrogen and oxygen atoms in total. The Balaban J connectivity index is 1.88. The number of aromatic amines is 1. The Bertz CT molecular complexity index is 677. The van der Waals surface area contributed by atoms with Crippen LogP contribution in [0.15, 0.2) is 27.4 Å². The van der Waals surface area contributed by atoms with E-state index in [4.69, 9.17) is 14.9 Å². The van der Waals surface area contributed by atoms with Gasteiger partial charge in [-0.1, -0.05) is 6.07 Å². The second-order valence-corrected chi connectivity index (χ2v) is 5.46. The molecule has 94 valence electrons. The van der Waals surface area contributed by atoms with Crippen LogP contribution in [0.1, 0.15) is 18.4 Å². The van der Waals surface area contributed by atoms with Gasteiger partial charge in [0.2, 0.25) is 0 Å². The van der Waals surface area contributed by atoms with Crippen LogP contribution in [0, 0.1) is 0 Å². The Morgan fingerprint density at radius 3 is 2.67 bits per heavy atom. The molecule has 5 heteroatoms. The Hall–Kier alpha value is -1.59. The largest absolute Gasteiger partial charge is 0.417 e. The number of hydrogen-bond donors (Lipinski definition) is 2. The van der Waals surface area contributed by atoms with Crippen molar-refractivity contribution in [2.24, 2.45) is 5.73 Å². The quantitative estimate of drug-likeness (QED) is 0.824. The first-order chi connectivity index (χ1) is 8.63. The third-order valence-corrected chi connectivity index (χ3v) is 4.41. The molecule has 1 aliphatic heterocycles. The summed E-state index contributed by atoms with van der Waals surface area (Å²) in [6.07, 6.45) is 2.08. The lowest BCUT2D eigenvalue weighted by atomic mass is 9.70. The number of nitrogens with one attached hydrogen (secondary N) is 1. The Kier molecular flexibility index (Phi) is 1.75. The van der Waals surface area contributed by atoms with Crippen LogP contribution >= 0.6 is 0 Å². The highest BCUT2D eigenvalue weighted by molar-refractivity contribution is 5.73. The molecule has 0 spiro atoms. The molecule has 0 radical (unpaired) electrons. The van der Waals surface area contributed by atoms with E-state index in [0.29, 0.717) is 18.8 Å². The molecule has 2 heterocycles. The van der Waals surface area contributed by atoms with Crippen molar-refractivity contribution in [3.05, 3.63) is 34.3 Å². The van der Waals surface area contributed by atoms with Gasteiger partial charge < -0.3 is 14.9 Å². The lowest BCUT2D eigenvalue weighted by molar-refractivity contribution is -0.0785. The first kappa shape index (κ1) is 10.3. The molecule has 1 aromatic heterocycles. The topological polar surface area (TPSA) is 81.2 Å². The predicted octanol–water partition coefficient (Wildman–Crippen LogP) is 0.880. The Labute approximate surface area is 103 Å². The lowest BCUT2D eigenvalue weighted by Gasteiger charge is -2.47. The summed E-state index contributed by atoms with van der Waals surface area (Å²) in [5, 5.41) is 0. The number of benzene rings is 1.